The number of imidazole rings is 1. The molecule has 0 spiro atoms. The molecule has 0 amide bonds. The van der Waals surface area contributed by atoms with E-state index >= 15 is 0 Å². The molecule has 0 fully saturated rings. The second kappa shape index (κ2) is 12.4. The van der Waals surface area contributed by atoms with Gasteiger partial charge in [0.1, 0.15) is 0 Å². The van der Waals surface area contributed by atoms with Crippen LogP contribution in [0, 0.1) is 0 Å². The lowest BCUT2D eigenvalue weighted by Gasteiger charge is -2.12. The van der Waals surface area contributed by atoms with E-state index in [1.165, 1.54) is 0 Å². The summed E-state index contributed by atoms with van der Waals surface area (Å²) in [5, 5.41) is 6.59. The van der Waals surface area contributed by atoms with E-state index in [1.54, 1.807) is 20.4 Å². The highest BCUT2D eigenvalue weighted by Crippen LogP contribution is 2.27. The van der Waals surface area contributed by atoms with Gasteiger partial charge in [0.15, 0.2) is 17.5 Å². The summed E-state index contributed by atoms with van der Waals surface area (Å²) in [6.45, 7) is 5.21. The largest absolute Gasteiger partial charge is 0.493 e. The second-order valence-corrected chi connectivity index (χ2v) is 5.43. The molecular formula is C18H28IN5O2. The average Bonchev–Trinajstić information content (AvgIpc) is 3.15. The van der Waals surface area contributed by atoms with Crippen molar-refractivity contribution >= 4 is 29.9 Å². The van der Waals surface area contributed by atoms with E-state index < -0.39 is 0 Å². The maximum absolute atomic E-state index is 5.34. The first-order valence-corrected chi connectivity index (χ1v) is 8.45. The predicted octanol–water partition coefficient (Wildman–Crippen LogP) is 2.32. The zero-order chi connectivity index (χ0) is 17.9. The molecule has 7 nitrogen and oxygen atoms in total. The lowest BCUT2D eigenvalue weighted by atomic mass is 10.1. The van der Waals surface area contributed by atoms with Crippen LogP contribution in [0.25, 0.3) is 0 Å². The monoisotopic (exact) mass is 473 g/mol. The number of methoxy groups -OCH3 is 2. The number of halogens is 1. The third-order valence-electron chi connectivity index (χ3n) is 3.68. The summed E-state index contributed by atoms with van der Waals surface area (Å²) < 4.78 is 12.6. The molecule has 0 saturated carbocycles. The van der Waals surface area contributed by atoms with E-state index in [1.807, 2.05) is 35.3 Å². The van der Waals surface area contributed by atoms with Gasteiger partial charge < -0.3 is 24.7 Å². The van der Waals surface area contributed by atoms with Crippen LogP contribution in [-0.2, 0) is 13.0 Å². The lowest BCUT2D eigenvalue weighted by molar-refractivity contribution is 0.354. The van der Waals surface area contributed by atoms with Crippen molar-refractivity contribution in [1.29, 1.82) is 0 Å². The van der Waals surface area contributed by atoms with Gasteiger partial charge in [0.05, 0.1) is 20.5 Å². The van der Waals surface area contributed by atoms with Gasteiger partial charge in [0, 0.05) is 38.6 Å². The molecule has 0 bridgehead atoms. The third-order valence-corrected chi connectivity index (χ3v) is 3.68. The maximum Gasteiger partial charge on any atom is 0.191 e. The Bertz CT molecular complexity index is 662. The van der Waals surface area contributed by atoms with Crippen molar-refractivity contribution < 1.29 is 9.47 Å². The highest BCUT2D eigenvalue weighted by molar-refractivity contribution is 14.0. The zero-order valence-electron chi connectivity index (χ0n) is 15.6. The fourth-order valence-electron chi connectivity index (χ4n) is 2.40. The minimum absolute atomic E-state index is 0. The SMILES string of the molecule is CCNC(=NCCc1ccc(OC)c(OC)c1)NCCn1ccnc1.I. The first-order chi connectivity index (χ1) is 12.3. The molecular weight excluding hydrogens is 445 g/mol. The highest BCUT2D eigenvalue weighted by Gasteiger charge is 2.04. The second-order valence-electron chi connectivity index (χ2n) is 5.43. The van der Waals surface area contributed by atoms with Gasteiger partial charge in [0.25, 0.3) is 0 Å². The number of aromatic nitrogens is 2. The van der Waals surface area contributed by atoms with E-state index in [0.29, 0.717) is 6.54 Å². The predicted molar refractivity (Wildman–Crippen MR) is 115 cm³/mol. The Morgan fingerprint density at radius 2 is 2.00 bits per heavy atom. The number of guanidine groups is 1. The van der Waals surface area contributed by atoms with Gasteiger partial charge in [-0.05, 0) is 31.0 Å². The van der Waals surface area contributed by atoms with Crippen LogP contribution >= 0.6 is 24.0 Å². The molecule has 144 valence electrons. The van der Waals surface area contributed by atoms with Gasteiger partial charge >= 0.3 is 0 Å². The molecule has 0 saturated heterocycles. The Morgan fingerprint density at radius 3 is 2.65 bits per heavy atom. The van der Waals surface area contributed by atoms with Crippen LogP contribution in [0.2, 0.25) is 0 Å². The summed E-state index contributed by atoms with van der Waals surface area (Å²) in [5.41, 5.74) is 1.16. The molecule has 2 N–H and O–H groups in total. The summed E-state index contributed by atoms with van der Waals surface area (Å²) in [6.07, 6.45) is 6.37. The Hall–Kier alpha value is -1.97. The van der Waals surface area contributed by atoms with Crippen LogP contribution in [-0.4, -0.2) is 49.4 Å². The van der Waals surface area contributed by atoms with E-state index in [-0.39, 0.29) is 24.0 Å². The van der Waals surface area contributed by atoms with Crippen LogP contribution in [0.15, 0.2) is 41.9 Å². The molecule has 0 aliphatic rings. The zero-order valence-corrected chi connectivity index (χ0v) is 17.9. The molecule has 0 aliphatic carbocycles. The van der Waals surface area contributed by atoms with Crippen molar-refractivity contribution in [3.63, 3.8) is 0 Å². The fraction of sp³-hybridized carbons (Fsp3) is 0.444. The Labute approximate surface area is 172 Å². The summed E-state index contributed by atoms with van der Waals surface area (Å²) in [6, 6.07) is 5.95. The van der Waals surface area contributed by atoms with Gasteiger partial charge in [-0.1, -0.05) is 6.07 Å². The summed E-state index contributed by atoms with van der Waals surface area (Å²) in [5.74, 6) is 2.31. The molecule has 1 aromatic carbocycles. The molecule has 0 aliphatic heterocycles. The van der Waals surface area contributed by atoms with Crippen LogP contribution in [0.5, 0.6) is 11.5 Å². The van der Waals surface area contributed by atoms with Crippen molar-refractivity contribution in [2.45, 2.75) is 19.9 Å². The summed E-state index contributed by atoms with van der Waals surface area (Å²) in [7, 11) is 3.28. The summed E-state index contributed by atoms with van der Waals surface area (Å²) >= 11 is 0. The molecule has 2 aromatic rings. The van der Waals surface area contributed by atoms with Crippen LogP contribution in [0.3, 0.4) is 0 Å². The third kappa shape index (κ3) is 7.11. The van der Waals surface area contributed by atoms with Crippen LogP contribution in [0.1, 0.15) is 12.5 Å². The Morgan fingerprint density at radius 1 is 1.19 bits per heavy atom. The Kier molecular flexibility index (Phi) is 10.5. The first kappa shape index (κ1) is 22.1. The molecule has 26 heavy (non-hydrogen) atoms. The summed E-state index contributed by atoms with van der Waals surface area (Å²) in [4.78, 5) is 8.66. The number of hydrogen-bond acceptors (Lipinski definition) is 4. The normalized spacial score (nSPS) is 10.8. The van der Waals surface area contributed by atoms with Gasteiger partial charge in [-0.15, -0.1) is 24.0 Å². The number of nitrogens with one attached hydrogen (secondary N) is 2. The van der Waals surface area contributed by atoms with E-state index in [9.17, 15) is 0 Å². The highest BCUT2D eigenvalue weighted by atomic mass is 127. The maximum atomic E-state index is 5.34. The van der Waals surface area contributed by atoms with Gasteiger partial charge in [0.2, 0.25) is 0 Å². The molecule has 1 aromatic heterocycles. The van der Waals surface area contributed by atoms with Crippen molar-refractivity contribution in [3.8, 4) is 11.5 Å². The van der Waals surface area contributed by atoms with Crippen molar-refractivity contribution in [3.05, 3.63) is 42.5 Å². The number of benzene rings is 1. The minimum atomic E-state index is 0. The fourth-order valence-corrected chi connectivity index (χ4v) is 2.40. The van der Waals surface area contributed by atoms with Crippen molar-refractivity contribution in [2.75, 3.05) is 33.9 Å². The lowest BCUT2D eigenvalue weighted by Crippen LogP contribution is -2.39. The van der Waals surface area contributed by atoms with Crippen molar-refractivity contribution in [2.24, 2.45) is 4.99 Å². The quantitative estimate of drug-likeness (QED) is 0.332. The topological polar surface area (TPSA) is 72.7 Å². The number of ether oxygens (including phenoxy) is 2. The molecule has 0 unspecified atom stereocenters. The van der Waals surface area contributed by atoms with E-state index in [4.69, 9.17) is 9.47 Å². The molecule has 0 atom stereocenters. The molecule has 0 radical (unpaired) electrons. The Balaban J connectivity index is 0.00000338. The number of hydrogen-bond donors (Lipinski definition) is 2. The van der Waals surface area contributed by atoms with E-state index in [0.717, 1.165) is 49.1 Å². The number of aliphatic imine (C=N–C) groups is 1. The van der Waals surface area contributed by atoms with E-state index in [2.05, 4.69) is 27.5 Å². The number of nitrogens with zero attached hydrogens (tertiary/aromatic N) is 3. The van der Waals surface area contributed by atoms with Gasteiger partial charge in [-0.2, -0.15) is 0 Å². The van der Waals surface area contributed by atoms with Crippen LogP contribution in [0.4, 0.5) is 0 Å². The van der Waals surface area contributed by atoms with Gasteiger partial charge in [-0.3, -0.25) is 4.99 Å². The van der Waals surface area contributed by atoms with Crippen molar-refractivity contribution in [1.82, 2.24) is 20.2 Å². The molecule has 1 heterocycles. The molecule has 8 heteroatoms. The van der Waals surface area contributed by atoms with Gasteiger partial charge in [-0.25, -0.2) is 4.98 Å². The minimum Gasteiger partial charge on any atom is -0.493 e. The van der Waals surface area contributed by atoms with Crippen LogP contribution < -0.4 is 20.1 Å². The first-order valence-electron chi connectivity index (χ1n) is 8.45. The smallest absolute Gasteiger partial charge is 0.191 e. The standard InChI is InChI=1S/C18H27N5O2.HI/c1-4-20-18(22-10-12-23-11-9-19-14-23)21-8-7-15-5-6-16(24-2)17(13-15)25-3;/h5-6,9,11,13-14H,4,7-8,10,12H2,1-3H3,(H2,20,21,22);1H. The average molecular weight is 473 g/mol. The molecule has 2 rings (SSSR count). The number of rotatable bonds is 9.